The van der Waals surface area contributed by atoms with Crippen LogP contribution >= 0.6 is 0 Å². The highest BCUT2D eigenvalue weighted by molar-refractivity contribution is 7.92. The van der Waals surface area contributed by atoms with Gasteiger partial charge in [-0.25, -0.2) is 8.42 Å². The second kappa shape index (κ2) is 5.61. The van der Waals surface area contributed by atoms with Gasteiger partial charge in [-0.05, 0) is 18.2 Å². The molecule has 0 unspecified atom stereocenters. The van der Waals surface area contributed by atoms with Crippen molar-refractivity contribution in [3.8, 4) is 23.0 Å². The van der Waals surface area contributed by atoms with Crippen molar-refractivity contribution in [2.24, 2.45) is 0 Å². The fraction of sp³-hybridized carbons (Fsp3) is 0. The lowest BCUT2D eigenvalue weighted by atomic mass is 10.1. The molecule has 0 amide bonds. The van der Waals surface area contributed by atoms with Crippen molar-refractivity contribution in [3.63, 3.8) is 0 Å². The van der Waals surface area contributed by atoms with Gasteiger partial charge in [0.15, 0.2) is 17.8 Å². The third-order valence-electron chi connectivity index (χ3n) is 3.00. The Balaban J connectivity index is 2.08. The summed E-state index contributed by atoms with van der Waals surface area (Å²) >= 11 is 0. The summed E-state index contributed by atoms with van der Waals surface area (Å²) in [5, 5.41) is 22.7. The summed E-state index contributed by atoms with van der Waals surface area (Å²) in [5.74, 6) is -0.939. The summed E-state index contributed by atoms with van der Waals surface area (Å²) in [5.41, 5.74) is 0.130. The van der Waals surface area contributed by atoms with E-state index in [-0.39, 0.29) is 22.0 Å². The van der Waals surface area contributed by atoms with Crippen LogP contribution in [0.25, 0.3) is 11.5 Å². The van der Waals surface area contributed by atoms with Crippen molar-refractivity contribution in [3.05, 3.63) is 48.8 Å². The number of phenols is 2. The van der Waals surface area contributed by atoms with E-state index in [1.807, 2.05) is 0 Å². The molecular weight excluding hydrogens is 322 g/mol. The second-order valence-electron chi connectivity index (χ2n) is 4.55. The largest absolute Gasteiger partial charge is 0.504 e. The maximum absolute atomic E-state index is 12.4. The van der Waals surface area contributed by atoms with Crippen molar-refractivity contribution in [1.29, 1.82) is 0 Å². The zero-order valence-corrected chi connectivity index (χ0v) is 12.4. The maximum Gasteiger partial charge on any atom is 0.261 e. The first-order chi connectivity index (χ1) is 11.0. The summed E-state index contributed by atoms with van der Waals surface area (Å²) in [7, 11) is -3.89. The Morgan fingerprint density at radius 3 is 2.39 bits per heavy atom. The van der Waals surface area contributed by atoms with E-state index < -0.39 is 21.5 Å². The minimum atomic E-state index is -3.89. The fourth-order valence-electron chi connectivity index (χ4n) is 1.93. The highest BCUT2D eigenvalue weighted by Gasteiger charge is 2.20. The molecule has 1 heterocycles. The van der Waals surface area contributed by atoms with E-state index in [1.54, 1.807) is 18.2 Å². The highest BCUT2D eigenvalue weighted by atomic mass is 32.2. The third-order valence-corrected chi connectivity index (χ3v) is 4.39. The van der Waals surface area contributed by atoms with Gasteiger partial charge < -0.3 is 14.7 Å². The molecule has 0 atom stereocenters. The Labute approximate surface area is 131 Å². The lowest BCUT2D eigenvalue weighted by Gasteiger charge is -2.12. The number of aromatic nitrogens is 2. The van der Waals surface area contributed by atoms with Gasteiger partial charge in [0.2, 0.25) is 0 Å². The third kappa shape index (κ3) is 2.94. The van der Waals surface area contributed by atoms with Crippen LogP contribution in [0.1, 0.15) is 0 Å². The number of phenolic OH excluding ortho intramolecular Hbond substituents is 2. The molecule has 0 bridgehead atoms. The van der Waals surface area contributed by atoms with E-state index in [2.05, 4.69) is 14.9 Å². The smallest absolute Gasteiger partial charge is 0.261 e. The van der Waals surface area contributed by atoms with Crippen molar-refractivity contribution < 1.29 is 23.2 Å². The highest BCUT2D eigenvalue weighted by Crippen LogP contribution is 2.37. The standard InChI is InChI=1S/C14H11N3O5S/c18-12-6-10(14-15-8-16-22-14)11(7-13(12)19)17-23(20,21)9-4-2-1-3-5-9/h1-8,17-19H. The summed E-state index contributed by atoms with van der Waals surface area (Å²) in [6.45, 7) is 0. The van der Waals surface area contributed by atoms with Crippen LogP contribution in [-0.4, -0.2) is 28.8 Å². The van der Waals surface area contributed by atoms with Gasteiger partial charge in [-0.2, -0.15) is 4.98 Å². The number of aromatic hydroxyl groups is 2. The minimum absolute atomic E-state index is 0.00611. The molecule has 0 saturated heterocycles. The number of hydrogen-bond acceptors (Lipinski definition) is 7. The van der Waals surface area contributed by atoms with E-state index in [4.69, 9.17) is 4.52 Å². The number of rotatable bonds is 4. The normalized spacial score (nSPS) is 11.3. The Morgan fingerprint density at radius 1 is 1.04 bits per heavy atom. The summed E-state index contributed by atoms with van der Waals surface area (Å²) in [6.07, 6.45) is 1.13. The van der Waals surface area contributed by atoms with E-state index in [9.17, 15) is 18.6 Å². The molecule has 9 heteroatoms. The predicted molar refractivity (Wildman–Crippen MR) is 80.3 cm³/mol. The Hall–Kier alpha value is -3.07. The fourth-order valence-corrected chi connectivity index (χ4v) is 3.03. The molecule has 3 rings (SSSR count). The number of benzene rings is 2. The molecule has 2 aromatic carbocycles. The predicted octanol–water partition coefficient (Wildman–Crippen LogP) is 1.95. The van der Waals surface area contributed by atoms with E-state index >= 15 is 0 Å². The van der Waals surface area contributed by atoms with Crippen molar-refractivity contribution in [1.82, 2.24) is 10.1 Å². The second-order valence-corrected chi connectivity index (χ2v) is 6.23. The molecule has 23 heavy (non-hydrogen) atoms. The lowest BCUT2D eigenvalue weighted by Crippen LogP contribution is -2.13. The number of anilines is 1. The van der Waals surface area contributed by atoms with Crippen molar-refractivity contribution >= 4 is 15.7 Å². The molecule has 0 fully saturated rings. The molecule has 0 aliphatic rings. The first kappa shape index (κ1) is 14.9. The molecule has 0 spiro atoms. The number of nitrogens with zero attached hydrogens (tertiary/aromatic N) is 2. The summed E-state index contributed by atoms with van der Waals surface area (Å²) in [4.78, 5) is 3.86. The number of sulfonamides is 1. The van der Waals surface area contributed by atoms with E-state index in [0.29, 0.717) is 0 Å². The Bertz CT molecular complexity index is 925. The van der Waals surface area contributed by atoms with Gasteiger partial charge >= 0.3 is 0 Å². The van der Waals surface area contributed by atoms with E-state index in [1.165, 1.54) is 12.1 Å². The van der Waals surface area contributed by atoms with Gasteiger partial charge in [-0.3, -0.25) is 4.72 Å². The Kier molecular flexibility index (Phi) is 3.62. The Morgan fingerprint density at radius 2 is 1.74 bits per heavy atom. The molecule has 0 aliphatic heterocycles. The van der Waals surface area contributed by atoms with E-state index in [0.717, 1.165) is 18.5 Å². The van der Waals surface area contributed by atoms with Crippen molar-refractivity contribution in [2.45, 2.75) is 4.90 Å². The van der Waals surface area contributed by atoms with Crippen LogP contribution < -0.4 is 4.72 Å². The number of hydrogen-bond donors (Lipinski definition) is 3. The topological polar surface area (TPSA) is 126 Å². The zero-order chi connectivity index (χ0) is 16.4. The SMILES string of the molecule is O=S(=O)(Nc1cc(O)c(O)cc1-c1ncno1)c1ccccc1. The number of nitrogens with one attached hydrogen (secondary N) is 1. The first-order valence-electron chi connectivity index (χ1n) is 6.38. The van der Waals surface area contributed by atoms with Crippen LogP contribution in [0.5, 0.6) is 11.5 Å². The minimum Gasteiger partial charge on any atom is -0.504 e. The average Bonchev–Trinajstić information content (AvgIpc) is 3.05. The molecule has 0 aliphatic carbocycles. The molecule has 118 valence electrons. The van der Waals surface area contributed by atoms with Crippen LogP contribution in [0, 0.1) is 0 Å². The molecule has 0 saturated carbocycles. The average molecular weight is 333 g/mol. The monoisotopic (exact) mass is 333 g/mol. The van der Waals surface area contributed by atoms with Gasteiger partial charge in [0.1, 0.15) is 0 Å². The van der Waals surface area contributed by atoms with Crippen molar-refractivity contribution in [2.75, 3.05) is 4.72 Å². The lowest BCUT2D eigenvalue weighted by molar-refractivity contribution is 0.403. The molecule has 8 nitrogen and oxygen atoms in total. The molecule has 3 N–H and O–H groups in total. The van der Waals surface area contributed by atoms with Crippen LogP contribution in [0.15, 0.2) is 58.2 Å². The molecule has 1 aromatic heterocycles. The van der Waals surface area contributed by atoms with Gasteiger partial charge in [0, 0.05) is 6.07 Å². The quantitative estimate of drug-likeness (QED) is 0.492. The van der Waals surface area contributed by atoms with Gasteiger partial charge in [-0.15, -0.1) is 0 Å². The van der Waals surface area contributed by atoms with Gasteiger partial charge in [-0.1, -0.05) is 23.4 Å². The molecule has 0 radical (unpaired) electrons. The van der Waals surface area contributed by atoms with Crippen LogP contribution in [-0.2, 0) is 10.0 Å². The molecular formula is C14H11N3O5S. The first-order valence-corrected chi connectivity index (χ1v) is 7.86. The molecule has 3 aromatic rings. The van der Waals surface area contributed by atoms with Gasteiger partial charge in [0.05, 0.1) is 16.1 Å². The van der Waals surface area contributed by atoms with Crippen LogP contribution in [0.3, 0.4) is 0 Å². The maximum atomic E-state index is 12.4. The zero-order valence-electron chi connectivity index (χ0n) is 11.5. The van der Waals surface area contributed by atoms with Crippen LogP contribution in [0.2, 0.25) is 0 Å². The van der Waals surface area contributed by atoms with Crippen LogP contribution in [0.4, 0.5) is 5.69 Å². The summed E-state index contributed by atoms with van der Waals surface area (Å²) < 4.78 is 32.0. The summed E-state index contributed by atoms with van der Waals surface area (Å²) in [6, 6.07) is 9.91. The van der Waals surface area contributed by atoms with Gasteiger partial charge in [0.25, 0.3) is 15.9 Å².